The third kappa shape index (κ3) is 2.27. The molecule has 2 aliphatic carbocycles. The number of nitriles is 1. The standard InChI is InChI=1S/C14H16N4O/c15-8-9-2-1-3-10(4-9)17-13(19)18-11-5-14(6-11)7-12(14)16/h1-4,11-12H,5-7,16H2,(H2,17,18,19). The van der Waals surface area contributed by atoms with Gasteiger partial charge >= 0.3 is 6.03 Å². The van der Waals surface area contributed by atoms with Crippen molar-refractivity contribution in [1.82, 2.24) is 5.32 Å². The highest BCUT2D eigenvalue weighted by atomic mass is 16.2. The number of carbonyl (C=O) groups is 1. The van der Waals surface area contributed by atoms with Gasteiger partial charge in [0.1, 0.15) is 0 Å². The van der Waals surface area contributed by atoms with Crippen LogP contribution in [0, 0.1) is 16.7 Å². The molecule has 0 aliphatic heterocycles. The third-order valence-electron chi connectivity index (χ3n) is 4.14. The lowest BCUT2D eigenvalue weighted by molar-refractivity contribution is 0.190. The van der Waals surface area contributed by atoms with Gasteiger partial charge in [-0.25, -0.2) is 4.79 Å². The number of nitrogens with one attached hydrogen (secondary N) is 2. The molecular weight excluding hydrogens is 240 g/mol. The summed E-state index contributed by atoms with van der Waals surface area (Å²) in [5.41, 5.74) is 7.35. The highest BCUT2D eigenvalue weighted by Crippen LogP contribution is 2.59. The van der Waals surface area contributed by atoms with Crippen LogP contribution < -0.4 is 16.4 Å². The summed E-state index contributed by atoms with van der Waals surface area (Å²) in [7, 11) is 0. The van der Waals surface area contributed by atoms with Crippen molar-refractivity contribution in [3.8, 4) is 6.07 Å². The number of carbonyl (C=O) groups excluding carboxylic acids is 1. The van der Waals surface area contributed by atoms with Gasteiger partial charge in [-0.15, -0.1) is 0 Å². The van der Waals surface area contributed by atoms with Crippen LogP contribution >= 0.6 is 0 Å². The van der Waals surface area contributed by atoms with E-state index in [4.69, 9.17) is 11.0 Å². The number of benzene rings is 1. The normalized spacial score (nSPS) is 31.2. The molecule has 1 atom stereocenters. The van der Waals surface area contributed by atoms with E-state index in [0.29, 0.717) is 22.7 Å². The van der Waals surface area contributed by atoms with Crippen LogP contribution in [0.4, 0.5) is 10.5 Å². The van der Waals surface area contributed by atoms with Crippen molar-refractivity contribution < 1.29 is 4.79 Å². The van der Waals surface area contributed by atoms with Gasteiger partial charge in [0.2, 0.25) is 0 Å². The maximum absolute atomic E-state index is 11.8. The number of urea groups is 1. The molecule has 4 N–H and O–H groups in total. The minimum absolute atomic E-state index is 0.218. The fourth-order valence-corrected chi connectivity index (χ4v) is 2.89. The monoisotopic (exact) mass is 256 g/mol. The van der Waals surface area contributed by atoms with Crippen molar-refractivity contribution in [3.05, 3.63) is 29.8 Å². The average Bonchev–Trinajstić information content (AvgIpc) is 3.00. The Bertz CT molecular complexity index is 557. The molecule has 1 aromatic carbocycles. The fraction of sp³-hybridized carbons (Fsp3) is 0.429. The van der Waals surface area contributed by atoms with E-state index in [1.54, 1.807) is 24.3 Å². The van der Waals surface area contributed by atoms with Crippen molar-refractivity contribution in [2.24, 2.45) is 11.1 Å². The van der Waals surface area contributed by atoms with Crippen LogP contribution in [0.15, 0.2) is 24.3 Å². The van der Waals surface area contributed by atoms with Gasteiger partial charge in [0.05, 0.1) is 11.6 Å². The smallest absolute Gasteiger partial charge is 0.319 e. The van der Waals surface area contributed by atoms with Gasteiger partial charge in [-0.1, -0.05) is 6.07 Å². The Kier molecular flexibility index (Phi) is 2.68. The Morgan fingerprint density at radius 3 is 2.79 bits per heavy atom. The van der Waals surface area contributed by atoms with Gasteiger partial charge in [-0.2, -0.15) is 5.26 Å². The summed E-state index contributed by atoms with van der Waals surface area (Å²) in [6, 6.07) is 9.25. The Balaban J connectivity index is 1.50. The summed E-state index contributed by atoms with van der Waals surface area (Å²) in [5.74, 6) is 0. The van der Waals surface area contributed by atoms with Crippen molar-refractivity contribution in [2.75, 3.05) is 5.32 Å². The first kappa shape index (κ1) is 12.0. The minimum atomic E-state index is -0.218. The van der Waals surface area contributed by atoms with Crippen LogP contribution in [0.25, 0.3) is 0 Å². The number of nitrogens with zero attached hydrogens (tertiary/aromatic N) is 1. The maximum atomic E-state index is 11.8. The SMILES string of the molecule is N#Cc1cccc(NC(=O)NC2CC3(C2)CC3N)c1. The molecule has 5 heteroatoms. The average molecular weight is 256 g/mol. The molecule has 19 heavy (non-hydrogen) atoms. The second kappa shape index (κ2) is 4.25. The van der Waals surface area contributed by atoms with Crippen LogP contribution in [-0.4, -0.2) is 18.1 Å². The summed E-state index contributed by atoms with van der Waals surface area (Å²) in [5, 5.41) is 14.5. The molecule has 1 aromatic rings. The molecule has 3 rings (SSSR count). The zero-order chi connectivity index (χ0) is 13.5. The molecule has 0 radical (unpaired) electrons. The topological polar surface area (TPSA) is 90.9 Å². The summed E-state index contributed by atoms with van der Waals surface area (Å²) in [6.45, 7) is 0. The molecule has 0 heterocycles. The Morgan fingerprint density at radius 1 is 1.42 bits per heavy atom. The molecule has 0 saturated heterocycles. The van der Waals surface area contributed by atoms with Gasteiger partial charge in [0.25, 0.3) is 0 Å². The number of hydrogen-bond donors (Lipinski definition) is 3. The van der Waals surface area contributed by atoms with E-state index in [9.17, 15) is 4.79 Å². The number of amides is 2. The van der Waals surface area contributed by atoms with Crippen molar-refractivity contribution in [2.45, 2.75) is 31.3 Å². The molecule has 2 fully saturated rings. The molecule has 2 aliphatic rings. The van der Waals surface area contributed by atoms with E-state index in [1.807, 2.05) is 6.07 Å². The van der Waals surface area contributed by atoms with Crippen molar-refractivity contribution in [3.63, 3.8) is 0 Å². The number of nitrogens with two attached hydrogens (primary N) is 1. The predicted octanol–water partition coefficient (Wildman–Crippen LogP) is 1.56. The summed E-state index contributed by atoms with van der Waals surface area (Å²) >= 11 is 0. The lowest BCUT2D eigenvalue weighted by Gasteiger charge is -2.36. The molecule has 98 valence electrons. The van der Waals surface area contributed by atoms with E-state index in [0.717, 1.165) is 19.3 Å². The predicted molar refractivity (Wildman–Crippen MR) is 71.4 cm³/mol. The summed E-state index contributed by atoms with van der Waals surface area (Å²) in [4.78, 5) is 11.8. The Morgan fingerprint density at radius 2 is 2.16 bits per heavy atom. The van der Waals surface area contributed by atoms with Crippen molar-refractivity contribution in [1.29, 1.82) is 5.26 Å². The molecule has 0 aromatic heterocycles. The van der Waals surface area contributed by atoms with Crippen LogP contribution in [0.3, 0.4) is 0 Å². The number of rotatable bonds is 2. The first-order valence-corrected chi connectivity index (χ1v) is 6.45. The molecular formula is C14H16N4O. The second-order valence-corrected chi connectivity index (χ2v) is 5.57. The summed E-state index contributed by atoms with van der Waals surface area (Å²) in [6.07, 6.45) is 3.07. The fourth-order valence-electron chi connectivity index (χ4n) is 2.89. The second-order valence-electron chi connectivity index (χ2n) is 5.57. The first-order valence-electron chi connectivity index (χ1n) is 6.45. The lowest BCUT2D eigenvalue weighted by atomic mass is 9.76. The number of hydrogen-bond acceptors (Lipinski definition) is 3. The van der Waals surface area contributed by atoms with E-state index in [-0.39, 0.29) is 12.1 Å². The number of anilines is 1. The van der Waals surface area contributed by atoms with E-state index in [1.165, 1.54) is 0 Å². The first-order chi connectivity index (χ1) is 9.11. The summed E-state index contributed by atoms with van der Waals surface area (Å²) < 4.78 is 0. The Labute approximate surface area is 111 Å². The zero-order valence-corrected chi connectivity index (χ0v) is 10.5. The van der Waals surface area contributed by atoms with E-state index >= 15 is 0 Å². The lowest BCUT2D eigenvalue weighted by Crippen LogP contribution is -2.48. The van der Waals surface area contributed by atoms with Crippen LogP contribution in [0.2, 0.25) is 0 Å². The van der Waals surface area contributed by atoms with Gasteiger partial charge < -0.3 is 16.4 Å². The molecule has 1 spiro atoms. The zero-order valence-electron chi connectivity index (χ0n) is 10.5. The Hall–Kier alpha value is -2.06. The maximum Gasteiger partial charge on any atom is 0.319 e. The molecule has 2 amide bonds. The van der Waals surface area contributed by atoms with Crippen LogP contribution in [0.5, 0.6) is 0 Å². The molecule has 5 nitrogen and oxygen atoms in total. The van der Waals surface area contributed by atoms with E-state index in [2.05, 4.69) is 10.6 Å². The van der Waals surface area contributed by atoms with Gasteiger partial charge in [-0.05, 0) is 42.9 Å². The largest absolute Gasteiger partial charge is 0.335 e. The van der Waals surface area contributed by atoms with Crippen molar-refractivity contribution >= 4 is 11.7 Å². The minimum Gasteiger partial charge on any atom is -0.335 e. The highest BCUT2D eigenvalue weighted by molar-refractivity contribution is 5.89. The van der Waals surface area contributed by atoms with Crippen LogP contribution in [-0.2, 0) is 0 Å². The molecule has 2 saturated carbocycles. The molecule has 0 bridgehead atoms. The molecule has 1 unspecified atom stereocenters. The van der Waals surface area contributed by atoms with E-state index < -0.39 is 0 Å². The van der Waals surface area contributed by atoms with Gasteiger partial charge in [-0.3, -0.25) is 0 Å². The van der Waals surface area contributed by atoms with Gasteiger partial charge in [0.15, 0.2) is 0 Å². The highest BCUT2D eigenvalue weighted by Gasteiger charge is 2.60. The van der Waals surface area contributed by atoms with Gasteiger partial charge in [0, 0.05) is 17.8 Å². The third-order valence-corrected chi connectivity index (χ3v) is 4.14. The van der Waals surface area contributed by atoms with Crippen LogP contribution in [0.1, 0.15) is 24.8 Å². The quantitative estimate of drug-likeness (QED) is 0.750.